The zero-order valence-corrected chi connectivity index (χ0v) is 15.1. The van der Waals surface area contributed by atoms with Gasteiger partial charge in [0.2, 0.25) is 5.60 Å². The zero-order valence-electron chi connectivity index (χ0n) is 15.1. The monoisotopic (exact) mass is 342 g/mol. The second-order valence-electron chi connectivity index (χ2n) is 7.66. The molecule has 0 aromatic heterocycles. The maximum Gasteiger partial charge on any atom is 0.509 e. The summed E-state index contributed by atoms with van der Waals surface area (Å²) in [5.41, 5.74) is -3.42. The molecule has 0 aliphatic carbocycles. The molecule has 7 heteroatoms. The molecule has 0 saturated carbocycles. The van der Waals surface area contributed by atoms with E-state index in [2.05, 4.69) is 6.58 Å². The van der Waals surface area contributed by atoms with Gasteiger partial charge < -0.3 is 18.9 Å². The Kier molecular flexibility index (Phi) is 5.69. The Hall–Kier alpha value is -2.05. The molecule has 0 spiro atoms. The van der Waals surface area contributed by atoms with Gasteiger partial charge in [-0.25, -0.2) is 9.59 Å². The van der Waals surface area contributed by atoms with E-state index in [1.807, 2.05) is 0 Å². The van der Waals surface area contributed by atoms with Gasteiger partial charge >= 0.3 is 18.1 Å². The second kappa shape index (κ2) is 6.83. The van der Waals surface area contributed by atoms with Gasteiger partial charge in [-0.2, -0.15) is 0 Å². The number of hydrogen-bond donors (Lipinski definition) is 0. The van der Waals surface area contributed by atoms with E-state index in [0.29, 0.717) is 0 Å². The van der Waals surface area contributed by atoms with Crippen molar-refractivity contribution in [2.24, 2.45) is 5.92 Å². The van der Waals surface area contributed by atoms with Crippen molar-refractivity contribution >= 4 is 18.1 Å². The van der Waals surface area contributed by atoms with Gasteiger partial charge in [0.05, 0.1) is 12.3 Å². The predicted molar refractivity (Wildman–Crippen MR) is 85.2 cm³/mol. The lowest BCUT2D eigenvalue weighted by Gasteiger charge is -2.40. The number of esters is 2. The predicted octanol–water partition coefficient (Wildman–Crippen LogP) is 2.77. The first-order valence-corrected chi connectivity index (χ1v) is 7.73. The van der Waals surface area contributed by atoms with E-state index in [-0.39, 0.29) is 6.61 Å². The SMILES string of the molecule is C=C[C@@H]1COC(=O)O[C@]1(CC(=O)OC(C)(C)C)C(=O)OC(C)(C)C. The number of cyclic esters (lactones) is 2. The topological polar surface area (TPSA) is 88.1 Å². The van der Waals surface area contributed by atoms with Crippen molar-refractivity contribution in [3.05, 3.63) is 12.7 Å². The smallest absolute Gasteiger partial charge is 0.460 e. The van der Waals surface area contributed by atoms with E-state index in [9.17, 15) is 14.4 Å². The molecule has 24 heavy (non-hydrogen) atoms. The maximum absolute atomic E-state index is 12.7. The molecule has 0 N–H and O–H groups in total. The summed E-state index contributed by atoms with van der Waals surface area (Å²) in [5.74, 6) is -2.25. The lowest BCUT2D eigenvalue weighted by atomic mass is 9.83. The van der Waals surface area contributed by atoms with Crippen molar-refractivity contribution < 1.29 is 33.3 Å². The molecule has 7 nitrogen and oxygen atoms in total. The number of ether oxygens (including phenoxy) is 4. The minimum atomic E-state index is -1.85. The summed E-state index contributed by atoms with van der Waals surface area (Å²) in [6.45, 7) is 13.6. The van der Waals surface area contributed by atoms with Crippen LogP contribution in [0.5, 0.6) is 0 Å². The molecule has 1 saturated heterocycles. The molecule has 1 fully saturated rings. The quantitative estimate of drug-likeness (QED) is 0.441. The fraction of sp³-hybridized carbons (Fsp3) is 0.706. The summed E-state index contributed by atoms with van der Waals surface area (Å²) >= 11 is 0. The first-order chi connectivity index (χ1) is 10.8. The lowest BCUT2D eigenvalue weighted by Crippen LogP contribution is -2.57. The van der Waals surface area contributed by atoms with Crippen molar-refractivity contribution in [3.8, 4) is 0 Å². The molecular formula is C17H26O7. The summed E-state index contributed by atoms with van der Waals surface area (Å²) in [7, 11) is 0. The van der Waals surface area contributed by atoms with E-state index < -0.39 is 47.2 Å². The minimum absolute atomic E-state index is 0.135. The normalized spacial score (nSPS) is 24.4. The second-order valence-corrected chi connectivity index (χ2v) is 7.66. The molecule has 0 unspecified atom stereocenters. The number of carbonyl (C=O) groups excluding carboxylic acids is 3. The van der Waals surface area contributed by atoms with Crippen LogP contribution in [0.4, 0.5) is 4.79 Å². The fourth-order valence-corrected chi connectivity index (χ4v) is 2.19. The van der Waals surface area contributed by atoms with Crippen LogP contribution < -0.4 is 0 Å². The molecule has 1 heterocycles. The van der Waals surface area contributed by atoms with Crippen LogP contribution in [0.2, 0.25) is 0 Å². The van der Waals surface area contributed by atoms with E-state index >= 15 is 0 Å². The number of carbonyl (C=O) groups is 3. The molecule has 0 aromatic rings. The molecule has 136 valence electrons. The Morgan fingerprint density at radius 3 is 2.21 bits per heavy atom. The summed E-state index contributed by atoms with van der Waals surface area (Å²) in [5, 5.41) is 0. The van der Waals surface area contributed by atoms with Crippen LogP contribution in [-0.2, 0) is 28.5 Å². The van der Waals surface area contributed by atoms with Crippen molar-refractivity contribution in [1.82, 2.24) is 0 Å². The van der Waals surface area contributed by atoms with Gasteiger partial charge in [0, 0.05) is 0 Å². The summed E-state index contributed by atoms with van der Waals surface area (Å²) in [4.78, 5) is 36.7. The number of rotatable bonds is 4. The van der Waals surface area contributed by atoms with Crippen LogP contribution >= 0.6 is 0 Å². The Morgan fingerprint density at radius 1 is 1.21 bits per heavy atom. The summed E-state index contributed by atoms with van der Waals surface area (Å²) in [6, 6.07) is 0. The molecule has 2 atom stereocenters. The van der Waals surface area contributed by atoms with Crippen LogP contribution in [0.25, 0.3) is 0 Å². The first-order valence-electron chi connectivity index (χ1n) is 7.73. The Morgan fingerprint density at radius 2 is 1.75 bits per heavy atom. The minimum Gasteiger partial charge on any atom is -0.460 e. The van der Waals surface area contributed by atoms with Gasteiger partial charge in [-0.3, -0.25) is 4.79 Å². The highest BCUT2D eigenvalue weighted by molar-refractivity contribution is 5.89. The van der Waals surface area contributed by atoms with E-state index in [4.69, 9.17) is 18.9 Å². The molecule has 1 rings (SSSR count). The van der Waals surface area contributed by atoms with Crippen molar-refractivity contribution in [3.63, 3.8) is 0 Å². The lowest BCUT2D eigenvalue weighted by molar-refractivity contribution is -0.200. The third-order valence-electron chi connectivity index (χ3n) is 3.10. The van der Waals surface area contributed by atoms with Crippen LogP contribution in [0, 0.1) is 5.92 Å². The highest BCUT2D eigenvalue weighted by atomic mass is 16.8. The van der Waals surface area contributed by atoms with Gasteiger partial charge in [-0.15, -0.1) is 6.58 Å². The summed E-state index contributed by atoms with van der Waals surface area (Å²) < 4.78 is 20.6. The van der Waals surface area contributed by atoms with Gasteiger partial charge in [0.1, 0.15) is 17.8 Å². The molecule has 1 aliphatic rings. The van der Waals surface area contributed by atoms with Crippen molar-refractivity contribution in [2.75, 3.05) is 6.61 Å². The fourth-order valence-electron chi connectivity index (χ4n) is 2.19. The Bertz CT molecular complexity index is 524. The first kappa shape index (κ1) is 20.0. The van der Waals surface area contributed by atoms with Crippen LogP contribution in [0.15, 0.2) is 12.7 Å². The molecule has 1 aliphatic heterocycles. The molecule has 0 aromatic carbocycles. The van der Waals surface area contributed by atoms with Gasteiger partial charge in [-0.1, -0.05) is 6.08 Å². The van der Waals surface area contributed by atoms with Crippen LogP contribution in [0.1, 0.15) is 48.0 Å². The standard InChI is InChI=1S/C17H26O7/c1-8-11-10-21-14(20)24-17(11,13(19)23-16(5,6)7)9-12(18)22-15(2,3)4/h8,11H,1,9-10H2,2-7H3/t11-,17+/m1/s1. The van der Waals surface area contributed by atoms with Gasteiger partial charge in [0.25, 0.3) is 0 Å². The summed E-state index contributed by atoms with van der Waals surface area (Å²) in [6.07, 6.45) is -0.117. The Labute approximate surface area is 142 Å². The van der Waals surface area contributed by atoms with E-state index in [1.165, 1.54) is 6.08 Å². The van der Waals surface area contributed by atoms with E-state index in [0.717, 1.165) is 0 Å². The molecule has 0 radical (unpaired) electrons. The van der Waals surface area contributed by atoms with Crippen molar-refractivity contribution in [1.29, 1.82) is 0 Å². The van der Waals surface area contributed by atoms with Gasteiger partial charge in [0.15, 0.2) is 0 Å². The molecule has 0 bridgehead atoms. The van der Waals surface area contributed by atoms with E-state index in [1.54, 1.807) is 41.5 Å². The average molecular weight is 342 g/mol. The van der Waals surface area contributed by atoms with Crippen LogP contribution in [-0.4, -0.2) is 41.5 Å². The highest BCUT2D eigenvalue weighted by Crippen LogP contribution is 2.35. The largest absolute Gasteiger partial charge is 0.509 e. The van der Waals surface area contributed by atoms with Gasteiger partial charge in [-0.05, 0) is 41.5 Å². The molecule has 0 amide bonds. The number of hydrogen-bond acceptors (Lipinski definition) is 7. The third kappa shape index (κ3) is 5.25. The zero-order chi connectivity index (χ0) is 18.8. The highest BCUT2D eigenvalue weighted by Gasteiger charge is 2.56. The third-order valence-corrected chi connectivity index (χ3v) is 3.10. The Balaban J connectivity index is 3.19. The van der Waals surface area contributed by atoms with Crippen molar-refractivity contribution in [2.45, 2.75) is 64.8 Å². The van der Waals surface area contributed by atoms with Crippen LogP contribution in [0.3, 0.4) is 0 Å². The average Bonchev–Trinajstić information content (AvgIpc) is 2.34. The molecular weight excluding hydrogens is 316 g/mol. The maximum atomic E-state index is 12.7.